The molecule has 0 fully saturated rings. The van der Waals surface area contributed by atoms with E-state index in [2.05, 4.69) is 5.32 Å². The molecule has 3 nitrogen and oxygen atoms in total. The van der Waals surface area contributed by atoms with E-state index in [1.807, 2.05) is 30.3 Å². The molecule has 2 aromatic rings. The number of halogens is 2. The van der Waals surface area contributed by atoms with Gasteiger partial charge in [0.2, 0.25) is 5.91 Å². The van der Waals surface area contributed by atoms with Gasteiger partial charge in [-0.05, 0) is 24.1 Å². The third-order valence-corrected chi connectivity index (χ3v) is 3.66. The minimum absolute atomic E-state index is 0.0182. The predicted octanol–water partition coefficient (Wildman–Crippen LogP) is 4.19. The Morgan fingerprint density at radius 2 is 1.81 bits per heavy atom. The van der Waals surface area contributed by atoms with Crippen LogP contribution in [0.4, 0.5) is 5.69 Å². The average Bonchev–Trinajstić information content (AvgIpc) is 2.49. The number of hydrogen-bond donors (Lipinski definition) is 1. The van der Waals surface area contributed by atoms with E-state index in [1.54, 1.807) is 18.2 Å². The maximum Gasteiger partial charge on any atom is 0.250 e. The van der Waals surface area contributed by atoms with Crippen LogP contribution >= 0.6 is 23.2 Å². The van der Waals surface area contributed by atoms with E-state index in [0.29, 0.717) is 22.3 Å². The van der Waals surface area contributed by atoms with Crippen LogP contribution in [0.1, 0.15) is 5.56 Å². The highest BCUT2D eigenvalue weighted by Crippen LogP contribution is 2.29. The Morgan fingerprint density at radius 1 is 1.05 bits per heavy atom. The number of nitrogens with one attached hydrogen (secondary N) is 1. The SMILES string of the molecule is O=C(COCCc1ccccc1)Nc1cccc(Cl)c1Cl. The van der Waals surface area contributed by atoms with Crippen molar-refractivity contribution in [2.24, 2.45) is 0 Å². The summed E-state index contributed by atoms with van der Waals surface area (Å²) in [5.41, 5.74) is 1.66. The fraction of sp³-hybridized carbons (Fsp3) is 0.188. The lowest BCUT2D eigenvalue weighted by Gasteiger charge is -2.08. The molecule has 21 heavy (non-hydrogen) atoms. The van der Waals surface area contributed by atoms with Crippen molar-refractivity contribution in [3.8, 4) is 0 Å². The Hall–Kier alpha value is -1.55. The lowest BCUT2D eigenvalue weighted by molar-refractivity contribution is -0.120. The number of carbonyl (C=O) groups is 1. The molecule has 0 radical (unpaired) electrons. The lowest BCUT2D eigenvalue weighted by atomic mass is 10.2. The average molecular weight is 324 g/mol. The van der Waals surface area contributed by atoms with Crippen molar-refractivity contribution in [2.45, 2.75) is 6.42 Å². The Morgan fingerprint density at radius 3 is 2.57 bits per heavy atom. The largest absolute Gasteiger partial charge is 0.371 e. The maximum atomic E-state index is 11.7. The molecule has 0 aromatic heterocycles. The quantitative estimate of drug-likeness (QED) is 0.809. The standard InChI is InChI=1S/C16H15Cl2NO2/c17-13-7-4-8-14(16(13)18)19-15(20)11-21-10-9-12-5-2-1-3-6-12/h1-8H,9-11H2,(H,19,20). The highest BCUT2D eigenvalue weighted by Gasteiger charge is 2.08. The van der Waals surface area contributed by atoms with Crippen molar-refractivity contribution in [1.29, 1.82) is 0 Å². The van der Waals surface area contributed by atoms with E-state index in [1.165, 1.54) is 5.56 Å². The summed E-state index contributed by atoms with van der Waals surface area (Å²) in [7, 11) is 0. The summed E-state index contributed by atoms with van der Waals surface area (Å²) in [6, 6.07) is 15.0. The Bertz CT molecular complexity index is 602. The van der Waals surface area contributed by atoms with Crippen LogP contribution in [0.25, 0.3) is 0 Å². The fourth-order valence-electron chi connectivity index (χ4n) is 1.79. The van der Waals surface area contributed by atoms with Gasteiger partial charge in [0.1, 0.15) is 6.61 Å². The first-order valence-electron chi connectivity index (χ1n) is 6.52. The number of amides is 1. The van der Waals surface area contributed by atoms with Gasteiger partial charge in [0.15, 0.2) is 0 Å². The zero-order valence-electron chi connectivity index (χ0n) is 11.3. The van der Waals surface area contributed by atoms with Gasteiger partial charge in [0.25, 0.3) is 0 Å². The predicted molar refractivity (Wildman–Crippen MR) is 86.1 cm³/mol. The molecule has 1 amide bonds. The lowest BCUT2D eigenvalue weighted by Crippen LogP contribution is -2.19. The van der Waals surface area contributed by atoms with Crippen LogP contribution in [0.5, 0.6) is 0 Å². The molecule has 0 aliphatic rings. The van der Waals surface area contributed by atoms with Gasteiger partial charge in [-0.3, -0.25) is 4.79 Å². The molecule has 0 saturated carbocycles. The van der Waals surface area contributed by atoms with Crippen molar-refractivity contribution in [3.05, 3.63) is 64.1 Å². The Kier molecular flexibility index (Phi) is 6.05. The summed E-state index contributed by atoms with van der Waals surface area (Å²) in [4.78, 5) is 11.7. The molecule has 0 heterocycles. The topological polar surface area (TPSA) is 38.3 Å². The smallest absolute Gasteiger partial charge is 0.250 e. The molecule has 0 aliphatic heterocycles. The number of hydrogen-bond acceptors (Lipinski definition) is 2. The molecule has 0 saturated heterocycles. The molecule has 5 heteroatoms. The van der Waals surface area contributed by atoms with Crippen molar-refractivity contribution in [3.63, 3.8) is 0 Å². The van der Waals surface area contributed by atoms with Crippen LogP contribution in [-0.2, 0) is 16.0 Å². The molecule has 110 valence electrons. The molecule has 0 unspecified atom stereocenters. The van der Waals surface area contributed by atoms with Gasteiger partial charge in [-0.2, -0.15) is 0 Å². The molecular weight excluding hydrogens is 309 g/mol. The van der Waals surface area contributed by atoms with Crippen LogP contribution in [0.2, 0.25) is 10.0 Å². The third-order valence-electron chi connectivity index (χ3n) is 2.84. The summed E-state index contributed by atoms with van der Waals surface area (Å²) in [5, 5.41) is 3.40. The summed E-state index contributed by atoms with van der Waals surface area (Å²) >= 11 is 11.9. The number of ether oxygens (including phenoxy) is 1. The molecule has 2 aromatic carbocycles. The van der Waals surface area contributed by atoms with Crippen LogP contribution < -0.4 is 5.32 Å². The molecule has 1 N–H and O–H groups in total. The minimum atomic E-state index is -0.257. The van der Waals surface area contributed by atoms with E-state index >= 15 is 0 Å². The minimum Gasteiger partial charge on any atom is -0.371 e. The van der Waals surface area contributed by atoms with Gasteiger partial charge in [-0.15, -0.1) is 0 Å². The first-order valence-corrected chi connectivity index (χ1v) is 7.28. The summed E-state index contributed by atoms with van der Waals surface area (Å²) < 4.78 is 5.35. The van der Waals surface area contributed by atoms with Crippen molar-refractivity contribution in [1.82, 2.24) is 0 Å². The zero-order chi connectivity index (χ0) is 15.1. The number of rotatable bonds is 6. The monoisotopic (exact) mass is 323 g/mol. The Labute approximate surface area is 133 Å². The van der Waals surface area contributed by atoms with Gasteiger partial charge in [0, 0.05) is 0 Å². The second-order valence-corrected chi connectivity index (χ2v) is 5.22. The van der Waals surface area contributed by atoms with Crippen molar-refractivity contribution >= 4 is 34.8 Å². The molecule has 0 spiro atoms. The highest BCUT2D eigenvalue weighted by atomic mass is 35.5. The van der Waals surface area contributed by atoms with Gasteiger partial charge in [0.05, 0.1) is 22.3 Å². The van der Waals surface area contributed by atoms with Crippen molar-refractivity contribution in [2.75, 3.05) is 18.5 Å². The molecule has 0 aliphatic carbocycles. The van der Waals surface area contributed by atoms with Crippen LogP contribution in [0.3, 0.4) is 0 Å². The first kappa shape index (κ1) is 15.8. The summed E-state index contributed by atoms with van der Waals surface area (Å²) in [6.45, 7) is 0.469. The van der Waals surface area contributed by atoms with E-state index in [9.17, 15) is 4.79 Å². The maximum absolute atomic E-state index is 11.7. The number of anilines is 1. The fourth-order valence-corrected chi connectivity index (χ4v) is 2.13. The molecular formula is C16H15Cl2NO2. The second kappa shape index (κ2) is 8.03. The molecule has 0 bridgehead atoms. The van der Waals surface area contributed by atoms with Gasteiger partial charge < -0.3 is 10.1 Å². The molecule has 2 rings (SSSR count). The summed E-state index contributed by atoms with van der Waals surface area (Å²) in [5.74, 6) is -0.257. The van der Waals surface area contributed by atoms with Crippen LogP contribution in [0.15, 0.2) is 48.5 Å². The van der Waals surface area contributed by atoms with Gasteiger partial charge in [-0.25, -0.2) is 0 Å². The normalized spacial score (nSPS) is 10.4. The van der Waals surface area contributed by atoms with E-state index in [4.69, 9.17) is 27.9 Å². The van der Waals surface area contributed by atoms with Crippen molar-refractivity contribution < 1.29 is 9.53 Å². The third kappa shape index (κ3) is 5.05. The van der Waals surface area contributed by atoms with E-state index < -0.39 is 0 Å². The number of benzene rings is 2. The molecule has 0 atom stereocenters. The van der Waals surface area contributed by atoms with E-state index in [0.717, 1.165) is 6.42 Å². The zero-order valence-corrected chi connectivity index (χ0v) is 12.8. The number of carbonyl (C=O) groups excluding carboxylic acids is 1. The van der Waals surface area contributed by atoms with Gasteiger partial charge >= 0.3 is 0 Å². The second-order valence-electron chi connectivity index (χ2n) is 4.44. The Balaban J connectivity index is 1.74. The van der Waals surface area contributed by atoms with E-state index in [-0.39, 0.29) is 12.5 Å². The van der Waals surface area contributed by atoms with Gasteiger partial charge in [-0.1, -0.05) is 59.6 Å². The van der Waals surface area contributed by atoms with Crippen LogP contribution in [-0.4, -0.2) is 19.1 Å². The highest BCUT2D eigenvalue weighted by molar-refractivity contribution is 6.43. The van der Waals surface area contributed by atoms with Crippen LogP contribution in [0, 0.1) is 0 Å². The summed E-state index contributed by atoms with van der Waals surface area (Å²) in [6.07, 6.45) is 0.770. The first-order chi connectivity index (χ1) is 10.2.